The Bertz CT molecular complexity index is 433. The summed E-state index contributed by atoms with van der Waals surface area (Å²) in [5.74, 6) is 0. The van der Waals surface area contributed by atoms with Gasteiger partial charge in [0, 0.05) is 24.5 Å². The first kappa shape index (κ1) is 16.1. The van der Waals surface area contributed by atoms with Gasteiger partial charge in [-0.1, -0.05) is 0 Å². The van der Waals surface area contributed by atoms with Crippen LogP contribution >= 0.6 is 0 Å². The van der Waals surface area contributed by atoms with Gasteiger partial charge >= 0.3 is 6.09 Å². The molecular formula is C15H25N3O2. The molecule has 5 heteroatoms. The number of aryl methyl sites for hydroxylation is 1. The third-order valence-electron chi connectivity index (χ3n) is 2.45. The molecule has 0 heterocycles. The van der Waals surface area contributed by atoms with Gasteiger partial charge in [0.25, 0.3) is 0 Å². The van der Waals surface area contributed by atoms with E-state index >= 15 is 0 Å². The lowest BCUT2D eigenvalue weighted by Crippen LogP contribution is -2.33. The van der Waals surface area contributed by atoms with Crippen molar-refractivity contribution in [3.05, 3.63) is 23.8 Å². The van der Waals surface area contributed by atoms with E-state index < -0.39 is 5.60 Å². The maximum Gasteiger partial charge on any atom is 0.407 e. The van der Waals surface area contributed by atoms with Gasteiger partial charge in [-0.05, 0) is 57.9 Å². The number of nitrogens with two attached hydrogens (primary N) is 1. The van der Waals surface area contributed by atoms with Crippen molar-refractivity contribution in [1.29, 1.82) is 0 Å². The van der Waals surface area contributed by atoms with Gasteiger partial charge in [0.05, 0.1) is 0 Å². The number of amides is 1. The molecule has 0 spiro atoms. The molecule has 5 nitrogen and oxygen atoms in total. The summed E-state index contributed by atoms with van der Waals surface area (Å²) >= 11 is 0. The summed E-state index contributed by atoms with van der Waals surface area (Å²) in [6.45, 7) is 8.87. The fraction of sp³-hybridized carbons (Fsp3) is 0.533. The Morgan fingerprint density at radius 1 is 1.25 bits per heavy atom. The van der Waals surface area contributed by atoms with Crippen LogP contribution in [-0.2, 0) is 4.74 Å². The lowest BCUT2D eigenvalue weighted by Gasteiger charge is -2.19. The minimum atomic E-state index is -0.457. The van der Waals surface area contributed by atoms with E-state index in [2.05, 4.69) is 10.6 Å². The first-order chi connectivity index (χ1) is 9.26. The molecular weight excluding hydrogens is 254 g/mol. The summed E-state index contributed by atoms with van der Waals surface area (Å²) in [6.07, 6.45) is 0.435. The summed E-state index contributed by atoms with van der Waals surface area (Å²) in [5, 5.41) is 6.00. The molecule has 0 radical (unpaired) electrons. The molecule has 1 aromatic carbocycles. The van der Waals surface area contributed by atoms with E-state index in [1.54, 1.807) is 0 Å². The fourth-order valence-corrected chi connectivity index (χ4v) is 1.74. The highest BCUT2D eigenvalue weighted by Gasteiger charge is 2.15. The normalized spacial score (nSPS) is 11.0. The lowest BCUT2D eigenvalue weighted by molar-refractivity contribution is 0.0528. The molecule has 112 valence electrons. The number of nitrogen functional groups attached to an aromatic ring is 1. The number of hydrogen-bond donors (Lipinski definition) is 3. The number of carbonyl (C=O) groups is 1. The first-order valence-electron chi connectivity index (χ1n) is 6.84. The van der Waals surface area contributed by atoms with Crippen molar-refractivity contribution in [2.24, 2.45) is 0 Å². The van der Waals surface area contributed by atoms with E-state index in [1.165, 1.54) is 0 Å². The largest absolute Gasteiger partial charge is 0.444 e. The monoisotopic (exact) mass is 279 g/mol. The average molecular weight is 279 g/mol. The van der Waals surface area contributed by atoms with E-state index in [-0.39, 0.29) is 6.09 Å². The molecule has 1 aromatic rings. The number of hydrogen-bond acceptors (Lipinski definition) is 4. The molecule has 0 saturated heterocycles. The molecule has 0 fully saturated rings. The van der Waals surface area contributed by atoms with Gasteiger partial charge in [0.2, 0.25) is 0 Å². The van der Waals surface area contributed by atoms with Gasteiger partial charge in [0.15, 0.2) is 0 Å². The average Bonchev–Trinajstić information content (AvgIpc) is 2.24. The van der Waals surface area contributed by atoms with E-state index in [0.29, 0.717) is 6.54 Å². The number of nitrogens with one attached hydrogen (secondary N) is 2. The van der Waals surface area contributed by atoms with E-state index in [0.717, 1.165) is 29.9 Å². The zero-order valence-corrected chi connectivity index (χ0v) is 12.7. The third-order valence-corrected chi connectivity index (χ3v) is 2.45. The van der Waals surface area contributed by atoms with Crippen molar-refractivity contribution in [3.8, 4) is 0 Å². The zero-order chi connectivity index (χ0) is 15.2. The van der Waals surface area contributed by atoms with Gasteiger partial charge in [-0.25, -0.2) is 4.79 Å². The minimum Gasteiger partial charge on any atom is -0.444 e. The van der Waals surface area contributed by atoms with Crippen molar-refractivity contribution in [3.63, 3.8) is 0 Å². The molecule has 0 unspecified atom stereocenters. The maximum absolute atomic E-state index is 11.4. The molecule has 0 aliphatic heterocycles. The van der Waals surface area contributed by atoms with Crippen LogP contribution in [0.4, 0.5) is 16.2 Å². The Labute approximate surface area is 120 Å². The van der Waals surface area contributed by atoms with Crippen LogP contribution in [0.15, 0.2) is 18.2 Å². The fourth-order valence-electron chi connectivity index (χ4n) is 1.74. The molecule has 4 N–H and O–H groups in total. The number of ether oxygens (including phenoxy) is 1. The quantitative estimate of drug-likeness (QED) is 0.572. The summed E-state index contributed by atoms with van der Waals surface area (Å²) in [6, 6.07) is 5.86. The van der Waals surface area contributed by atoms with E-state index in [4.69, 9.17) is 10.5 Å². The molecule has 1 rings (SSSR count). The second kappa shape index (κ2) is 7.03. The Morgan fingerprint density at radius 3 is 2.55 bits per heavy atom. The standard InChI is InChI=1S/C15H25N3O2/c1-11-8-12(16)10-13(9-11)17-6-5-7-18-14(19)20-15(2,3)4/h8-10,17H,5-7,16H2,1-4H3,(H,18,19). The van der Waals surface area contributed by atoms with Crippen molar-refractivity contribution >= 4 is 17.5 Å². The first-order valence-corrected chi connectivity index (χ1v) is 6.84. The SMILES string of the molecule is Cc1cc(N)cc(NCCCNC(=O)OC(C)(C)C)c1. The van der Waals surface area contributed by atoms with Crippen LogP contribution < -0.4 is 16.4 Å². The summed E-state index contributed by atoms with van der Waals surface area (Å²) < 4.78 is 5.15. The Hall–Kier alpha value is -1.91. The van der Waals surface area contributed by atoms with Gasteiger partial charge in [-0.3, -0.25) is 0 Å². The number of alkyl carbamates (subject to hydrolysis) is 1. The molecule has 0 aliphatic rings. The van der Waals surface area contributed by atoms with Crippen LogP contribution in [0.5, 0.6) is 0 Å². The van der Waals surface area contributed by atoms with Crippen LogP contribution in [0.1, 0.15) is 32.8 Å². The van der Waals surface area contributed by atoms with Crippen LogP contribution in [-0.4, -0.2) is 24.8 Å². The molecule has 1 amide bonds. The topological polar surface area (TPSA) is 76.4 Å². The highest BCUT2D eigenvalue weighted by atomic mass is 16.6. The van der Waals surface area contributed by atoms with E-state index in [1.807, 2.05) is 45.9 Å². The number of rotatable bonds is 5. The van der Waals surface area contributed by atoms with Crippen LogP contribution in [0, 0.1) is 6.92 Å². The van der Waals surface area contributed by atoms with Gasteiger partial charge < -0.3 is 21.1 Å². The molecule has 0 aliphatic carbocycles. The van der Waals surface area contributed by atoms with Crippen molar-refractivity contribution in [2.75, 3.05) is 24.1 Å². The second-order valence-corrected chi connectivity index (χ2v) is 5.84. The predicted molar refractivity (Wildman–Crippen MR) is 82.9 cm³/mol. The smallest absolute Gasteiger partial charge is 0.407 e. The Morgan fingerprint density at radius 2 is 1.95 bits per heavy atom. The minimum absolute atomic E-state index is 0.378. The third kappa shape index (κ3) is 6.87. The number of benzene rings is 1. The maximum atomic E-state index is 11.4. The second-order valence-electron chi connectivity index (χ2n) is 5.84. The highest BCUT2D eigenvalue weighted by molar-refractivity contribution is 5.67. The van der Waals surface area contributed by atoms with Crippen molar-refractivity contribution < 1.29 is 9.53 Å². The lowest BCUT2D eigenvalue weighted by atomic mass is 10.2. The molecule has 20 heavy (non-hydrogen) atoms. The molecule has 0 saturated carbocycles. The molecule has 0 aromatic heterocycles. The van der Waals surface area contributed by atoms with Crippen LogP contribution in [0.25, 0.3) is 0 Å². The Kier molecular flexibility index (Phi) is 5.67. The van der Waals surface area contributed by atoms with E-state index in [9.17, 15) is 4.79 Å². The number of carbonyl (C=O) groups excluding carboxylic acids is 1. The summed E-state index contributed by atoms with van der Waals surface area (Å²) in [5.41, 5.74) is 8.19. The zero-order valence-electron chi connectivity index (χ0n) is 12.7. The summed E-state index contributed by atoms with van der Waals surface area (Å²) in [4.78, 5) is 11.4. The molecule has 0 atom stereocenters. The van der Waals surface area contributed by atoms with Gasteiger partial charge in [-0.2, -0.15) is 0 Å². The van der Waals surface area contributed by atoms with Crippen molar-refractivity contribution in [1.82, 2.24) is 5.32 Å². The van der Waals surface area contributed by atoms with Gasteiger partial charge in [0.1, 0.15) is 5.60 Å². The van der Waals surface area contributed by atoms with Crippen LogP contribution in [0.2, 0.25) is 0 Å². The van der Waals surface area contributed by atoms with Crippen LogP contribution in [0.3, 0.4) is 0 Å². The Balaban J connectivity index is 2.20. The highest BCUT2D eigenvalue weighted by Crippen LogP contribution is 2.15. The predicted octanol–water partition coefficient (Wildman–Crippen LogP) is 2.90. The van der Waals surface area contributed by atoms with Crippen molar-refractivity contribution in [2.45, 2.75) is 39.7 Å². The van der Waals surface area contributed by atoms with Gasteiger partial charge in [-0.15, -0.1) is 0 Å². The number of anilines is 2. The molecule has 0 bridgehead atoms. The summed E-state index contributed by atoms with van der Waals surface area (Å²) in [7, 11) is 0.